The Morgan fingerprint density at radius 2 is 2.11 bits per heavy atom. The number of ether oxygens (including phenoxy) is 1. The first-order valence-corrected chi connectivity index (χ1v) is 5.75. The van der Waals surface area contributed by atoms with Gasteiger partial charge in [0.05, 0.1) is 11.8 Å². The van der Waals surface area contributed by atoms with E-state index in [-0.39, 0.29) is 12.2 Å². The number of rotatable bonds is 3. The summed E-state index contributed by atoms with van der Waals surface area (Å²) in [6.45, 7) is -0.0734. The SMILES string of the molecule is Nc1cc(Cl)cc(C(=O)OCc2cncc(F)c2)c1. The number of nitrogen functional groups attached to an aromatic ring is 1. The van der Waals surface area contributed by atoms with Crippen LogP contribution in [0, 0.1) is 5.82 Å². The first-order chi connectivity index (χ1) is 9.04. The van der Waals surface area contributed by atoms with Crippen LogP contribution in [0.3, 0.4) is 0 Å². The molecule has 2 N–H and O–H groups in total. The van der Waals surface area contributed by atoms with E-state index in [4.69, 9.17) is 22.1 Å². The van der Waals surface area contributed by atoms with Crippen LogP contribution in [0.4, 0.5) is 10.1 Å². The number of nitrogens with zero attached hydrogens (tertiary/aromatic N) is 1. The average molecular weight is 281 g/mol. The molecule has 1 heterocycles. The van der Waals surface area contributed by atoms with Crippen molar-refractivity contribution in [2.75, 3.05) is 5.73 Å². The molecule has 0 aliphatic heterocycles. The van der Waals surface area contributed by atoms with Gasteiger partial charge in [-0.1, -0.05) is 11.6 Å². The highest BCUT2D eigenvalue weighted by molar-refractivity contribution is 6.31. The highest BCUT2D eigenvalue weighted by atomic mass is 35.5. The molecule has 0 saturated heterocycles. The smallest absolute Gasteiger partial charge is 0.338 e. The lowest BCUT2D eigenvalue weighted by Gasteiger charge is -2.06. The Balaban J connectivity index is 2.05. The number of esters is 1. The molecule has 0 aliphatic carbocycles. The standard InChI is InChI=1S/C13H10ClFN2O2/c14-10-2-9(3-12(16)4-10)13(18)19-7-8-1-11(15)6-17-5-8/h1-6H,7,16H2. The zero-order valence-corrected chi connectivity index (χ0v) is 10.5. The predicted molar refractivity (Wildman–Crippen MR) is 69.2 cm³/mol. The summed E-state index contributed by atoms with van der Waals surface area (Å²) in [5, 5.41) is 0.347. The van der Waals surface area contributed by atoms with Crippen molar-refractivity contribution in [1.29, 1.82) is 0 Å². The molecule has 0 unspecified atom stereocenters. The third-order valence-electron chi connectivity index (χ3n) is 2.29. The molecule has 2 aromatic rings. The summed E-state index contributed by atoms with van der Waals surface area (Å²) in [6, 6.07) is 5.67. The molecular formula is C13H10ClFN2O2. The van der Waals surface area contributed by atoms with Gasteiger partial charge >= 0.3 is 5.97 Å². The van der Waals surface area contributed by atoms with Gasteiger partial charge in [0.2, 0.25) is 0 Å². The van der Waals surface area contributed by atoms with Crippen LogP contribution in [0.25, 0.3) is 0 Å². The predicted octanol–water partition coefficient (Wildman–Crippen LogP) is 2.81. The van der Waals surface area contributed by atoms with Crippen molar-refractivity contribution in [3.8, 4) is 0 Å². The highest BCUT2D eigenvalue weighted by Gasteiger charge is 2.09. The quantitative estimate of drug-likeness (QED) is 0.693. The van der Waals surface area contributed by atoms with E-state index in [0.717, 1.165) is 6.20 Å². The van der Waals surface area contributed by atoms with Crippen molar-refractivity contribution in [3.05, 3.63) is 58.6 Å². The molecule has 98 valence electrons. The summed E-state index contributed by atoms with van der Waals surface area (Å²) in [6.07, 6.45) is 2.49. The molecule has 6 heteroatoms. The normalized spacial score (nSPS) is 10.2. The van der Waals surface area contributed by atoms with E-state index < -0.39 is 11.8 Å². The highest BCUT2D eigenvalue weighted by Crippen LogP contribution is 2.17. The summed E-state index contributed by atoms with van der Waals surface area (Å²) in [4.78, 5) is 15.4. The van der Waals surface area contributed by atoms with E-state index in [9.17, 15) is 9.18 Å². The first kappa shape index (κ1) is 13.3. The zero-order chi connectivity index (χ0) is 13.8. The first-order valence-electron chi connectivity index (χ1n) is 5.37. The Hall–Kier alpha value is -2.14. The number of anilines is 1. The van der Waals surface area contributed by atoms with Gasteiger partial charge in [-0.2, -0.15) is 0 Å². The van der Waals surface area contributed by atoms with Gasteiger partial charge < -0.3 is 10.5 Å². The van der Waals surface area contributed by atoms with E-state index in [0.29, 0.717) is 16.3 Å². The monoisotopic (exact) mass is 280 g/mol. The van der Waals surface area contributed by atoms with Crippen LogP contribution in [-0.4, -0.2) is 11.0 Å². The lowest BCUT2D eigenvalue weighted by Crippen LogP contribution is -2.06. The second kappa shape index (κ2) is 5.67. The Morgan fingerprint density at radius 1 is 1.32 bits per heavy atom. The summed E-state index contributed by atoms with van der Waals surface area (Å²) < 4.78 is 17.9. The number of carbonyl (C=O) groups is 1. The van der Waals surface area contributed by atoms with Crippen molar-refractivity contribution < 1.29 is 13.9 Å². The summed E-state index contributed by atoms with van der Waals surface area (Å²) in [7, 11) is 0. The van der Waals surface area contributed by atoms with E-state index in [2.05, 4.69) is 4.98 Å². The maximum Gasteiger partial charge on any atom is 0.338 e. The second-order valence-corrected chi connectivity index (χ2v) is 4.30. The Kier molecular flexibility index (Phi) is 3.97. The molecule has 19 heavy (non-hydrogen) atoms. The third-order valence-corrected chi connectivity index (χ3v) is 2.51. The fourth-order valence-corrected chi connectivity index (χ4v) is 1.74. The van der Waals surface area contributed by atoms with Crippen molar-refractivity contribution in [3.63, 3.8) is 0 Å². The van der Waals surface area contributed by atoms with Crippen molar-refractivity contribution >= 4 is 23.3 Å². The van der Waals surface area contributed by atoms with Crippen molar-refractivity contribution in [1.82, 2.24) is 4.98 Å². The maximum atomic E-state index is 12.9. The molecular weight excluding hydrogens is 271 g/mol. The summed E-state index contributed by atoms with van der Waals surface area (Å²) in [5.74, 6) is -1.07. The number of pyridine rings is 1. The fraction of sp³-hybridized carbons (Fsp3) is 0.0769. The van der Waals surface area contributed by atoms with E-state index >= 15 is 0 Å². The van der Waals surface area contributed by atoms with E-state index in [1.165, 1.54) is 30.5 Å². The van der Waals surface area contributed by atoms with Crippen LogP contribution in [0.5, 0.6) is 0 Å². The molecule has 0 atom stereocenters. The average Bonchev–Trinajstić information content (AvgIpc) is 2.35. The van der Waals surface area contributed by atoms with Gasteiger partial charge in [0.1, 0.15) is 12.4 Å². The van der Waals surface area contributed by atoms with Crippen LogP contribution < -0.4 is 5.73 Å². The molecule has 0 spiro atoms. The topological polar surface area (TPSA) is 65.2 Å². The fourth-order valence-electron chi connectivity index (χ4n) is 1.50. The molecule has 1 aromatic heterocycles. The van der Waals surface area contributed by atoms with Crippen molar-refractivity contribution in [2.24, 2.45) is 0 Å². The van der Waals surface area contributed by atoms with E-state index in [1.807, 2.05) is 0 Å². The molecule has 0 saturated carbocycles. The van der Waals surface area contributed by atoms with Crippen LogP contribution in [0.1, 0.15) is 15.9 Å². The largest absolute Gasteiger partial charge is 0.457 e. The van der Waals surface area contributed by atoms with Gasteiger partial charge in [0.25, 0.3) is 0 Å². The van der Waals surface area contributed by atoms with Crippen molar-refractivity contribution in [2.45, 2.75) is 6.61 Å². The number of benzene rings is 1. The molecule has 4 nitrogen and oxygen atoms in total. The van der Waals surface area contributed by atoms with Gasteiger partial charge in [0.15, 0.2) is 0 Å². The number of halogens is 2. The van der Waals surface area contributed by atoms with Crippen LogP contribution >= 0.6 is 11.6 Å². The lowest BCUT2D eigenvalue weighted by atomic mass is 10.2. The van der Waals surface area contributed by atoms with Gasteiger partial charge in [-0.15, -0.1) is 0 Å². The van der Waals surface area contributed by atoms with Gasteiger partial charge in [0, 0.05) is 22.5 Å². The van der Waals surface area contributed by atoms with Crippen LogP contribution in [0.15, 0.2) is 36.7 Å². The molecule has 0 radical (unpaired) electrons. The third kappa shape index (κ3) is 3.66. The Morgan fingerprint density at radius 3 is 2.79 bits per heavy atom. The maximum absolute atomic E-state index is 12.9. The molecule has 2 rings (SSSR count). The minimum absolute atomic E-state index is 0.0734. The molecule has 0 aliphatic rings. The number of nitrogens with two attached hydrogens (primary N) is 1. The molecule has 0 bridgehead atoms. The van der Waals surface area contributed by atoms with Gasteiger partial charge in [-0.05, 0) is 24.3 Å². The van der Waals surface area contributed by atoms with Gasteiger partial charge in [-0.3, -0.25) is 4.98 Å². The minimum Gasteiger partial charge on any atom is -0.457 e. The zero-order valence-electron chi connectivity index (χ0n) is 9.77. The van der Waals surface area contributed by atoms with Gasteiger partial charge in [-0.25, -0.2) is 9.18 Å². The lowest BCUT2D eigenvalue weighted by molar-refractivity contribution is 0.0472. The van der Waals surface area contributed by atoms with Crippen LogP contribution in [-0.2, 0) is 11.3 Å². The summed E-state index contributed by atoms with van der Waals surface area (Å²) >= 11 is 5.78. The second-order valence-electron chi connectivity index (χ2n) is 3.86. The van der Waals surface area contributed by atoms with E-state index in [1.54, 1.807) is 0 Å². The number of hydrogen-bond donors (Lipinski definition) is 1. The minimum atomic E-state index is -0.585. The number of aromatic nitrogens is 1. The number of carbonyl (C=O) groups excluding carboxylic acids is 1. The molecule has 1 aromatic carbocycles. The molecule has 0 amide bonds. The number of hydrogen-bond acceptors (Lipinski definition) is 4. The van der Waals surface area contributed by atoms with Crippen LogP contribution in [0.2, 0.25) is 5.02 Å². The Labute approximate surface area is 114 Å². The Bertz CT molecular complexity index is 599. The summed E-state index contributed by atoms with van der Waals surface area (Å²) in [5.41, 5.74) is 6.65. The molecule has 0 fully saturated rings.